The fourth-order valence-electron chi connectivity index (χ4n) is 2.73. The highest BCUT2D eigenvalue weighted by atomic mass is 35.5. The molecule has 4 nitrogen and oxygen atoms in total. The zero-order valence-electron chi connectivity index (χ0n) is 13.7. The van der Waals surface area contributed by atoms with Gasteiger partial charge in [0.25, 0.3) is 0 Å². The Kier molecular flexibility index (Phi) is 5.89. The fourth-order valence-corrected chi connectivity index (χ4v) is 4.00. The van der Waals surface area contributed by atoms with E-state index < -0.39 is 0 Å². The molecular weight excluding hydrogens is 344 g/mol. The van der Waals surface area contributed by atoms with Crippen molar-refractivity contribution in [3.8, 4) is 10.4 Å². The zero-order chi connectivity index (χ0) is 16.9. The Bertz CT molecular complexity index is 698. The van der Waals surface area contributed by atoms with Gasteiger partial charge in [-0.25, -0.2) is 0 Å². The molecule has 0 saturated carbocycles. The third kappa shape index (κ3) is 4.57. The van der Waals surface area contributed by atoms with Crippen molar-refractivity contribution in [3.63, 3.8) is 0 Å². The summed E-state index contributed by atoms with van der Waals surface area (Å²) in [4.78, 5) is 18.7. The first-order valence-electron chi connectivity index (χ1n) is 8.00. The van der Waals surface area contributed by atoms with Gasteiger partial charge in [0.2, 0.25) is 5.91 Å². The molecule has 6 heteroatoms. The van der Waals surface area contributed by atoms with Gasteiger partial charge in [0.05, 0.1) is 19.8 Å². The number of amides is 1. The third-order valence-electron chi connectivity index (χ3n) is 3.97. The number of carbonyl (C=O) groups excluding carboxylic acids is 1. The number of benzene rings is 1. The minimum absolute atomic E-state index is 0.174. The number of carbonyl (C=O) groups is 1. The molecule has 1 fully saturated rings. The number of likely N-dealkylation sites (N-methyl/N-ethyl adjacent to an activating group) is 1. The molecule has 3 rings (SSSR count). The number of rotatable bonds is 5. The van der Waals surface area contributed by atoms with Gasteiger partial charge in [0.1, 0.15) is 0 Å². The van der Waals surface area contributed by atoms with Crippen molar-refractivity contribution in [1.82, 2.24) is 9.80 Å². The van der Waals surface area contributed by atoms with Crippen LogP contribution in [-0.2, 0) is 16.1 Å². The van der Waals surface area contributed by atoms with Crippen LogP contribution in [0.15, 0.2) is 36.4 Å². The second-order valence-corrected chi connectivity index (χ2v) is 7.55. The summed E-state index contributed by atoms with van der Waals surface area (Å²) in [5.74, 6) is 0.174. The Morgan fingerprint density at radius 1 is 1.29 bits per heavy atom. The lowest BCUT2D eigenvalue weighted by Crippen LogP contribution is -2.44. The van der Waals surface area contributed by atoms with Crippen molar-refractivity contribution >= 4 is 28.8 Å². The van der Waals surface area contributed by atoms with Crippen LogP contribution in [0.4, 0.5) is 0 Å². The highest BCUT2D eigenvalue weighted by Crippen LogP contribution is 2.30. The Hall–Kier alpha value is -1.40. The highest BCUT2D eigenvalue weighted by Gasteiger charge is 2.18. The van der Waals surface area contributed by atoms with Crippen molar-refractivity contribution in [1.29, 1.82) is 0 Å². The number of nitrogens with zero attached hydrogens (tertiary/aromatic N) is 2. The molecule has 1 amide bonds. The van der Waals surface area contributed by atoms with E-state index in [1.165, 1.54) is 9.75 Å². The number of halogens is 1. The topological polar surface area (TPSA) is 32.8 Å². The van der Waals surface area contributed by atoms with E-state index >= 15 is 0 Å². The predicted octanol–water partition coefficient (Wildman–Crippen LogP) is 3.36. The first-order valence-corrected chi connectivity index (χ1v) is 9.20. The van der Waals surface area contributed by atoms with E-state index in [1.807, 2.05) is 30.1 Å². The first-order chi connectivity index (χ1) is 11.6. The maximum absolute atomic E-state index is 12.3. The molecule has 1 aromatic carbocycles. The monoisotopic (exact) mass is 364 g/mol. The quantitative estimate of drug-likeness (QED) is 0.815. The van der Waals surface area contributed by atoms with E-state index in [9.17, 15) is 4.79 Å². The van der Waals surface area contributed by atoms with Gasteiger partial charge in [0, 0.05) is 34.4 Å². The number of hydrogen-bond donors (Lipinski definition) is 0. The summed E-state index contributed by atoms with van der Waals surface area (Å²) < 4.78 is 5.29. The molecule has 1 aliphatic rings. The van der Waals surface area contributed by atoms with Crippen molar-refractivity contribution < 1.29 is 9.53 Å². The lowest BCUT2D eigenvalue weighted by atomic mass is 10.2. The standard InChI is InChI=1S/C18H21ClN2O2S/c1-20(13-18(22)21-7-9-23-10-8-21)12-16-5-6-17(24-16)14-3-2-4-15(19)11-14/h2-6,11H,7-10,12-13H2,1H3. The van der Waals surface area contributed by atoms with Crippen molar-refractivity contribution in [2.24, 2.45) is 0 Å². The van der Waals surface area contributed by atoms with Crippen LogP contribution in [0.5, 0.6) is 0 Å². The van der Waals surface area contributed by atoms with Gasteiger partial charge in [-0.3, -0.25) is 9.69 Å². The molecule has 0 radical (unpaired) electrons. The van der Waals surface area contributed by atoms with Gasteiger partial charge in [-0.15, -0.1) is 11.3 Å². The van der Waals surface area contributed by atoms with Gasteiger partial charge in [-0.05, 0) is 36.9 Å². The van der Waals surface area contributed by atoms with E-state index in [4.69, 9.17) is 16.3 Å². The fraction of sp³-hybridized carbons (Fsp3) is 0.389. The maximum atomic E-state index is 12.3. The molecule has 0 spiro atoms. The Morgan fingerprint density at radius 2 is 2.08 bits per heavy atom. The van der Waals surface area contributed by atoms with E-state index in [1.54, 1.807) is 11.3 Å². The molecule has 0 unspecified atom stereocenters. The van der Waals surface area contributed by atoms with Crippen LogP contribution in [0.2, 0.25) is 5.02 Å². The molecule has 1 aliphatic heterocycles. The minimum atomic E-state index is 0.174. The average molecular weight is 365 g/mol. The summed E-state index contributed by atoms with van der Waals surface area (Å²) >= 11 is 7.80. The molecule has 2 heterocycles. The Labute approximate surface area is 151 Å². The molecule has 0 aliphatic carbocycles. The number of thiophene rings is 1. The number of ether oxygens (including phenoxy) is 1. The van der Waals surface area contributed by atoms with Crippen LogP contribution in [0.3, 0.4) is 0 Å². The minimum Gasteiger partial charge on any atom is -0.378 e. The van der Waals surface area contributed by atoms with Gasteiger partial charge < -0.3 is 9.64 Å². The van der Waals surface area contributed by atoms with Crippen LogP contribution in [0, 0.1) is 0 Å². The van der Waals surface area contributed by atoms with E-state index in [0.29, 0.717) is 32.8 Å². The van der Waals surface area contributed by atoms with Crippen LogP contribution in [-0.4, -0.2) is 55.6 Å². The van der Waals surface area contributed by atoms with E-state index in [2.05, 4.69) is 23.1 Å². The first kappa shape index (κ1) is 17.4. The maximum Gasteiger partial charge on any atom is 0.236 e. The van der Waals surface area contributed by atoms with Gasteiger partial charge in [-0.1, -0.05) is 23.7 Å². The van der Waals surface area contributed by atoms with Crippen LogP contribution in [0.25, 0.3) is 10.4 Å². The second kappa shape index (κ2) is 8.12. The zero-order valence-corrected chi connectivity index (χ0v) is 15.3. The number of hydrogen-bond acceptors (Lipinski definition) is 4. The van der Waals surface area contributed by atoms with Gasteiger partial charge in [-0.2, -0.15) is 0 Å². The largest absolute Gasteiger partial charge is 0.378 e. The molecule has 128 valence electrons. The van der Waals surface area contributed by atoms with Crippen molar-refractivity contribution in [2.75, 3.05) is 39.9 Å². The lowest BCUT2D eigenvalue weighted by molar-refractivity contribution is -0.136. The summed E-state index contributed by atoms with van der Waals surface area (Å²) in [6.45, 7) is 3.88. The van der Waals surface area contributed by atoms with E-state index in [0.717, 1.165) is 17.1 Å². The van der Waals surface area contributed by atoms with Crippen LogP contribution >= 0.6 is 22.9 Å². The van der Waals surface area contributed by atoms with Gasteiger partial charge in [0.15, 0.2) is 0 Å². The average Bonchev–Trinajstić information content (AvgIpc) is 3.04. The smallest absolute Gasteiger partial charge is 0.236 e. The SMILES string of the molecule is CN(CC(=O)N1CCOCC1)Cc1ccc(-c2cccc(Cl)c2)s1. The lowest BCUT2D eigenvalue weighted by Gasteiger charge is -2.28. The number of morpholine rings is 1. The van der Waals surface area contributed by atoms with Gasteiger partial charge >= 0.3 is 0 Å². The summed E-state index contributed by atoms with van der Waals surface area (Å²) in [7, 11) is 1.98. The molecule has 1 aromatic heterocycles. The summed E-state index contributed by atoms with van der Waals surface area (Å²) in [5.41, 5.74) is 1.13. The Morgan fingerprint density at radius 3 is 2.83 bits per heavy atom. The normalized spacial score (nSPS) is 15.0. The molecule has 0 atom stereocenters. The van der Waals surface area contributed by atoms with Crippen molar-refractivity contribution in [3.05, 3.63) is 46.3 Å². The molecule has 2 aromatic rings. The van der Waals surface area contributed by atoms with Crippen LogP contribution in [0.1, 0.15) is 4.88 Å². The molecular formula is C18H21ClN2O2S. The molecule has 0 N–H and O–H groups in total. The van der Waals surface area contributed by atoms with E-state index in [-0.39, 0.29) is 5.91 Å². The Balaban J connectivity index is 1.57. The highest BCUT2D eigenvalue weighted by molar-refractivity contribution is 7.15. The summed E-state index contributed by atoms with van der Waals surface area (Å²) in [6.07, 6.45) is 0. The second-order valence-electron chi connectivity index (χ2n) is 5.94. The summed E-state index contributed by atoms with van der Waals surface area (Å²) in [5, 5.41) is 0.746. The van der Waals surface area contributed by atoms with Crippen molar-refractivity contribution in [2.45, 2.75) is 6.54 Å². The summed E-state index contributed by atoms with van der Waals surface area (Å²) in [6, 6.07) is 12.1. The predicted molar refractivity (Wildman–Crippen MR) is 98.5 cm³/mol. The third-order valence-corrected chi connectivity index (χ3v) is 5.32. The van der Waals surface area contributed by atoms with Crippen LogP contribution < -0.4 is 0 Å². The molecule has 0 bridgehead atoms. The molecule has 1 saturated heterocycles. The molecule has 24 heavy (non-hydrogen) atoms.